The number of rotatable bonds is 7. The summed E-state index contributed by atoms with van der Waals surface area (Å²) < 4.78 is 0. The monoisotopic (exact) mass is 218 g/mol. The molecule has 8 N–H and O–H groups in total. The molecular weight excluding hydrogens is 200 g/mol. The van der Waals surface area contributed by atoms with E-state index in [4.69, 9.17) is 22.3 Å². The van der Waals surface area contributed by atoms with Gasteiger partial charge in [0.25, 0.3) is 0 Å². The zero-order valence-corrected chi connectivity index (χ0v) is 8.48. The standard InChI is InChI=1S/C8H18N4O3/c9-3-1-5(10)7(13)12-4-2-6(11)8(14)15/h5-6H,1-4,9-11H2,(H,12,13)(H,14,15). The van der Waals surface area contributed by atoms with Gasteiger partial charge in [-0.25, -0.2) is 0 Å². The molecule has 0 aliphatic carbocycles. The first-order valence-electron chi connectivity index (χ1n) is 4.70. The van der Waals surface area contributed by atoms with Gasteiger partial charge in [0.1, 0.15) is 6.04 Å². The third kappa shape index (κ3) is 6.00. The highest BCUT2D eigenvalue weighted by Gasteiger charge is 2.14. The zero-order chi connectivity index (χ0) is 11.8. The summed E-state index contributed by atoms with van der Waals surface area (Å²) in [4.78, 5) is 21.5. The summed E-state index contributed by atoms with van der Waals surface area (Å²) in [5.41, 5.74) is 15.9. The fourth-order valence-corrected chi connectivity index (χ4v) is 0.916. The fourth-order valence-electron chi connectivity index (χ4n) is 0.916. The van der Waals surface area contributed by atoms with Gasteiger partial charge in [0.15, 0.2) is 0 Å². The van der Waals surface area contributed by atoms with Crippen molar-refractivity contribution in [1.29, 1.82) is 0 Å². The smallest absolute Gasteiger partial charge is 0.320 e. The van der Waals surface area contributed by atoms with Crippen LogP contribution in [0, 0.1) is 0 Å². The van der Waals surface area contributed by atoms with Gasteiger partial charge in [-0.2, -0.15) is 0 Å². The molecule has 0 heterocycles. The molecule has 0 aromatic rings. The second-order valence-corrected chi connectivity index (χ2v) is 3.21. The maximum Gasteiger partial charge on any atom is 0.320 e. The van der Waals surface area contributed by atoms with Crippen LogP contribution in [0.3, 0.4) is 0 Å². The van der Waals surface area contributed by atoms with Gasteiger partial charge in [-0.1, -0.05) is 0 Å². The van der Waals surface area contributed by atoms with Crippen LogP contribution >= 0.6 is 0 Å². The van der Waals surface area contributed by atoms with Crippen molar-refractivity contribution in [3.8, 4) is 0 Å². The highest BCUT2D eigenvalue weighted by molar-refractivity contribution is 5.81. The third-order valence-electron chi connectivity index (χ3n) is 1.89. The van der Waals surface area contributed by atoms with Gasteiger partial charge in [-0.05, 0) is 19.4 Å². The summed E-state index contributed by atoms with van der Waals surface area (Å²) in [5.74, 6) is -1.42. The Morgan fingerprint density at radius 1 is 1.20 bits per heavy atom. The molecule has 0 bridgehead atoms. The van der Waals surface area contributed by atoms with Crippen molar-refractivity contribution in [1.82, 2.24) is 5.32 Å². The molecule has 2 unspecified atom stereocenters. The van der Waals surface area contributed by atoms with E-state index >= 15 is 0 Å². The Hall–Kier alpha value is -1.18. The van der Waals surface area contributed by atoms with Crippen molar-refractivity contribution < 1.29 is 14.7 Å². The molecule has 0 aliphatic heterocycles. The molecule has 0 aromatic heterocycles. The highest BCUT2D eigenvalue weighted by Crippen LogP contribution is 1.89. The van der Waals surface area contributed by atoms with Gasteiger partial charge in [-0.15, -0.1) is 0 Å². The van der Waals surface area contributed by atoms with Crippen molar-refractivity contribution >= 4 is 11.9 Å². The summed E-state index contributed by atoms with van der Waals surface area (Å²) in [7, 11) is 0. The predicted octanol–water partition coefficient (Wildman–Crippen LogP) is -2.42. The van der Waals surface area contributed by atoms with Gasteiger partial charge in [0.2, 0.25) is 5.91 Å². The number of hydrogen-bond acceptors (Lipinski definition) is 5. The van der Waals surface area contributed by atoms with Crippen molar-refractivity contribution in [2.45, 2.75) is 24.9 Å². The van der Waals surface area contributed by atoms with Crippen LogP contribution in [-0.4, -0.2) is 42.2 Å². The molecule has 7 heteroatoms. The minimum Gasteiger partial charge on any atom is -0.480 e. The van der Waals surface area contributed by atoms with Crippen molar-refractivity contribution in [2.75, 3.05) is 13.1 Å². The van der Waals surface area contributed by atoms with Gasteiger partial charge in [0.05, 0.1) is 6.04 Å². The molecular formula is C8H18N4O3. The molecule has 0 aromatic carbocycles. The molecule has 1 amide bonds. The molecule has 0 spiro atoms. The number of carboxylic acid groups (broad SMARTS) is 1. The Kier molecular flexibility index (Phi) is 6.59. The van der Waals surface area contributed by atoms with Gasteiger partial charge in [0, 0.05) is 6.54 Å². The lowest BCUT2D eigenvalue weighted by atomic mass is 10.2. The van der Waals surface area contributed by atoms with Crippen LogP contribution in [0.2, 0.25) is 0 Å². The van der Waals surface area contributed by atoms with Crippen molar-refractivity contribution in [2.24, 2.45) is 17.2 Å². The minimum absolute atomic E-state index is 0.177. The first-order valence-corrected chi connectivity index (χ1v) is 4.70. The largest absolute Gasteiger partial charge is 0.480 e. The van der Waals surface area contributed by atoms with Gasteiger partial charge in [-0.3, -0.25) is 9.59 Å². The molecule has 2 atom stereocenters. The molecule has 7 nitrogen and oxygen atoms in total. The number of carboxylic acids is 1. The van der Waals surface area contributed by atoms with Crippen LogP contribution in [0.5, 0.6) is 0 Å². The van der Waals surface area contributed by atoms with E-state index in [-0.39, 0.29) is 18.9 Å². The molecule has 0 fully saturated rings. The highest BCUT2D eigenvalue weighted by atomic mass is 16.4. The van der Waals surface area contributed by atoms with Gasteiger partial charge < -0.3 is 27.6 Å². The third-order valence-corrected chi connectivity index (χ3v) is 1.89. The number of amides is 1. The lowest BCUT2D eigenvalue weighted by molar-refractivity contribution is -0.138. The Morgan fingerprint density at radius 2 is 1.80 bits per heavy atom. The van der Waals surface area contributed by atoms with E-state index in [9.17, 15) is 9.59 Å². The van der Waals surface area contributed by atoms with E-state index in [0.717, 1.165) is 0 Å². The van der Waals surface area contributed by atoms with Crippen LogP contribution in [0.25, 0.3) is 0 Å². The normalized spacial score (nSPS) is 14.3. The van der Waals surface area contributed by atoms with E-state index < -0.39 is 18.1 Å². The Bertz CT molecular complexity index is 222. The second kappa shape index (κ2) is 7.16. The van der Waals surface area contributed by atoms with Crippen molar-refractivity contribution in [3.63, 3.8) is 0 Å². The topological polar surface area (TPSA) is 144 Å². The maximum absolute atomic E-state index is 11.2. The van der Waals surface area contributed by atoms with Crippen LogP contribution in [0.15, 0.2) is 0 Å². The fraction of sp³-hybridized carbons (Fsp3) is 0.750. The summed E-state index contributed by atoms with van der Waals surface area (Å²) in [5, 5.41) is 11.0. The number of nitrogens with two attached hydrogens (primary N) is 3. The number of nitrogens with one attached hydrogen (secondary N) is 1. The molecule has 0 radical (unpaired) electrons. The van der Waals surface area contributed by atoms with Crippen molar-refractivity contribution in [3.05, 3.63) is 0 Å². The molecule has 15 heavy (non-hydrogen) atoms. The lowest BCUT2D eigenvalue weighted by Gasteiger charge is -2.12. The number of aliphatic carboxylic acids is 1. The average Bonchev–Trinajstić information content (AvgIpc) is 2.17. The average molecular weight is 218 g/mol. The van der Waals surface area contributed by atoms with E-state index in [1.807, 2.05) is 0 Å². The Balaban J connectivity index is 3.67. The van der Waals surface area contributed by atoms with E-state index in [2.05, 4.69) is 5.32 Å². The van der Waals surface area contributed by atoms with Gasteiger partial charge >= 0.3 is 5.97 Å². The first kappa shape index (κ1) is 13.8. The minimum atomic E-state index is -1.09. The van der Waals surface area contributed by atoms with Crippen LogP contribution in [-0.2, 0) is 9.59 Å². The van der Waals surface area contributed by atoms with Crippen LogP contribution < -0.4 is 22.5 Å². The Morgan fingerprint density at radius 3 is 2.27 bits per heavy atom. The molecule has 0 saturated heterocycles. The predicted molar refractivity (Wildman–Crippen MR) is 54.9 cm³/mol. The maximum atomic E-state index is 11.2. The van der Waals surface area contributed by atoms with Crippen LogP contribution in [0.4, 0.5) is 0 Å². The quantitative estimate of drug-likeness (QED) is 0.321. The second-order valence-electron chi connectivity index (χ2n) is 3.21. The number of carbonyl (C=O) groups excluding carboxylic acids is 1. The number of carbonyl (C=O) groups is 2. The summed E-state index contributed by atoms with van der Waals surface area (Å²) in [6, 6.07) is -1.60. The summed E-state index contributed by atoms with van der Waals surface area (Å²) in [6.45, 7) is 0.536. The lowest BCUT2D eigenvalue weighted by Crippen LogP contribution is -2.43. The summed E-state index contributed by atoms with van der Waals surface area (Å²) >= 11 is 0. The SMILES string of the molecule is NCCC(N)C(=O)NCCC(N)C(=O)O. The number of hydrogen-bond donors (Lipinski definition) is 5. The molecule has 88 valence electrons. The molecule has 0 aliphatic rings. The zero-order valence-electron chi connectivity index (χ0n) is 8.48. The molecule has 0 saturated carbocycles. The first-order chi connectivity index (χ1) is 6.99. The van der Waals surface area contributed by atoms with E-state index in [1.165, 1.54) is 0 Å². The van der Waals surface area contributed by atoms with Crippen LogP contribution in [0.1, 0.15) is 12.8 Å². The molecule has 0 rings (SSSR count). The summed E-state index contributed by atoms with van der Waals surface area (Å²) in [6.07, 6.45) is 0.577. The van der Waals surface area contributed by atoms with E-state index in [0.29, 0.717) is 13.0 Å². The Labute approximate surface area is 88.0 Å². The van der Waals surface area contributed by atoms with E-state index in [1.54, 1.807) is 0 Å².